The van der Waals surface area contributed by atoms with E-state index >= 15 is 8.78 Å². The van der Waals surface area contributed by atoms with Crippen LogP contribution in [0.1, 0.15) is 80.2 Å². The number of aliphatic hydroxyl groups excluding tert-OH is 1. The van der Waals surface area contributed by atoms with Gasteiger partial charge in [-0.2, -0.15) is 4.39 Å². The minimum atomic E-state index is -1.79. The predicted molar refractivity (Wildman–Crippen MR) is 120 cm³/mol. The molecule has 2 aromatic carbocycles. The predicted octanol–water partition coefficient (Wildman–Crippen LogP) is 6.32. The van der Waals surface area contributed by atoms with Crippen LogP contribution in [-0.4, -0.2) is 31.7 Å². The van der Waals surface area contributed by atoms with E-state index in [1.165, 1.54) is 25.3 Å². The fourth-order valence-corrected chi connectivity index (χ4v) is 4.46. The zero-order valence-corrected chi connectivity index (χ0v) is 19.8. The van der Waals surface area contributed by atoms with E-state index in [1.54, 1.807) is 0 Å². The average Bonchev–Trinajstić information content (AvgIpc) is 2.83. The van der Waals surface area contributed by atoms with E-state index in [-0.39, 0.29) is 35.0 Å². The molecule has 1 aliphatic rings. The maximum absolute atomic E-state index is 15.1. The highest BCUT2D eigenvalue weighted by molar-refractivity contribution is 5.46. The molecule has 8 heteroatoms. The van der Waals surface area contributed by atoms with Crippen LogP contribution in [0.2, 0.25) is 0 Å². The second kappa shape index (κ2) is 12.0. The SMILES string of the molecule is CCCc1ccc(C(O)c2cc(C3CCC(CCC)OC3)c(F)c(F)c2OCOC)c(F)c1F. The average molecular weight is 485 g/mol. The lowest BCUT2D eigenvalue weighted by Gasteiger charge is -2.30. The van der Waals surface area contributed by atoms with E-state index in [9.17, 15) is 13.9 Å². The molecule has 188 valence electrons. The van der Waals surface area contributed by atoms with E-state index in [0.29, 0.717) is 25.7 Å². The van der Waals surface area contributed by atoms with Gasteiger partial charge < -0.3 is 19.3 Å². The number of methoxy groups -OCH3 is 1. The third-order valence-electron chi connectivity index (χ3n) is 6.26. The van der Waals surface area contributed by atoms with Gasteiger partial charge in [-0.15, -0.1) is 0 Å². The Morgan fingerprint density at radius 3 is 2.38 bits per heavy atom. The minimum Gasteiger partial charge on any atom is -0.464 e. The van der Waals surface area contributed by atoms with Crippen LogP contribution < -0.4 is 4.74 Å². The lowest BCUT2D eigenvalue weighted by atomic mass is 9.87. The second-order valence-electron chi connectivity index (χ2n) is 8.68. The highest BCUT2D eigenvalue weighted by Crippen LogP contribution is 2.41. The molecule has 1 aliphatic heterocycles. The van der Waals surface area contributed by atoms with Crippen molar-refractivity contribution >= 4 is 0 Å². The van der Waals surface area contributed by atoms with Gasteiger partial charge in [0.15, 0.2) is 30.0 Å². The first kappa shape index (κ1) is 26.4. The summed E-state index contributed by atoms with van der Waals surface area (Å²) in [5.74, 6) is -5.78. The molecule has 3 rings (SSSR count). The molecule has 0 amide bonds. The molecule has 3 atom stereocenters. The molecule has 0 spiro atoms. The first-order valence-electron chi connectivity index (χ1n) is 11.7. The number of halogens is 4. The Labute approximate surface area is 197 Å². The van der Waals surface area contributed by atoms with Gasteiger partial charge in [0.1, 0.15) is 6.10 Å². The fraction of sp³-hybridized carbons (Fsp3) is 0.538. The van der Waals surface area contributed by atoms with E-state index < -0.39 is 47.8 Å². The Balaban J connectivity index is 2.03. The van der Waals surface area contributed by atoms with Crippen LogP contribution in [-0.2, 0) is 15.9 Å². The molecule has 4 nitrogen and oxygen atoms in total. The molecule has 1 heterocycles. The fourth-order valence-electron chi connectivity index (χ4n) is 4.46. The van der Waals surface area contributed by atoms with Crippen molar-refractivity contribution in [3.8, 4) is 5.75 Å². The molecule has 3 unspecified atom stereocenters. The Kier molecular flexibility index (Phi) is 9.33. The van der Waals surface area contributed by atoms with Crippen molar-refractivity contribution in [3.05, 3.63) is 63.7 Å². The number of benzene rings is 2. The summed E-state index contributed by atoms with van der Waals surface area (Å²) in [6, 6.07) is 3.91. The monoisotopic (exact) mass is 484 g/mol. The molecule has 1 fully saturated rings. The molecule has 1 saturated heterocycles. The van der Waals surface area contributed by atoms with Gasteiger partial charge in [-0.05, 0) is 42.9 Å². The van der Waals surface area contributed by atoms with Gasteiger partial charge in [0.25, 0.3) is 0 Å². The number of rotatable bonds is 10. The highest BCUT2D eigenvalue weighted by Gasteiger charge is 2.32. The van der Waals surface area contributed by atoms with Crippen molar-refractivity contribution in [1.82, 2.24) is 0 Å². The smallest absolute Gasteiger partial charge is 0.201 e. The number of hydrogen-bond donors (Lipinski definition) is 1. The maximum Gasteiger partial charge on any atom is 0.201 e. The highest BCUT2D eigenvalue weighted by atomic mass is 19.2. The summed E-state index contributed by atoms with van der Waals surface area (Å²) in [6.07, 6.45) is 2.34. The molecular weight excluding hydrogens is 452 g/mol. The van der Waals surface area contributed by atoms with Crippen molar-refractivity contribution in [2.45, 2.75) is 70.5 Å². The van der Waals surface area contributed by atoms with Crippen LogP contribution in [0.5, 0.6) is 5.75 Å². The molecule has 0 aliphatic carbocycles. The summed E-state index contributed by atoms with van der Waals surface area (Å²) in [7, 11) is 1.30. The molecule has 2 aromatic rings. The summed E-state index contributed by atoms with van der Waals surface area (Å²) >= 11 is 0. The summed E-state index contributed by atoms with van der Waals surface area (Å²) < 4.78 is 75.5. The maximum atomic E-state index is 15.1. The summed E-state index contributed by atoms with van der Waals surface area (Å²) in [4.78, 5) is 0. The van der Waals surface area contributed by atoms with Gasteiger partial charge >= 0.3 is 0 Å². The van der Waals surface area contributed by atoms with Crippen LogP contribution in [0.25, 0.3) is 0 Å². The quantitative estimate of drug-likeness (QED) is 0.317. The third-order valence-corrected chi connectivity index (χ3v) is 6.26. The first-order valence-corrected chi connectivity index (χ1v) is 11.7. The molecule has 1 N–H and O–H groups in total. The zero-order valence-electron chi connectivity index (χ0n) is 19.8. The molecular formula is C26H32F4O4. The largest absolute Gasteiger partial charge is 0.464 e. The molecule has 0 aromatic heterocycles. The van der Waals surface area contributed by atoms with Crippen molar-refractivity contribution in [1.29, 1.82) is 0 Å². The first-order chi connectivity index (χ1) is 16.3. The second-order valence-corrected chi connectivity index (χ2v) is 8.68. The van der Waals surface area contributed by atoms with Gasteiger partial charge in [0.05, 0.1) is 12.7 Å². The van der Waals surface area contributed by atoms with Crippen LogP contribution in [0.4, 0.5) is 17.6 Å². The summed E-state index contributed by atoms with van der Waals surface area (Å²) in [6.45, 7) is 3.66. The van der Waals surface area contributed by atoms with E-state index in [1.807, 2.05) is 13.8 Å². The Hall–Kier alpha value is -2.16. The van der Waals surface area contributed by atoms with Crippen molar-refractivity contribution in [3.63, 3.8) is 0 Å². The number of ether oxygens (including phenoxy) is 3. The van der Waals surface area contributed by atoms with E-state index in [0.717, 1.165) is 12.8 Å². The van der Waals surface area contributed by atoms with Gasteiger partial charge in [-0.25, -0.2) is 13.2 Å². The van der Waals surface area contributed by atoms with Crippen LogP contribution in [0.15, 0.2) is 18.2 Å². The van der Waals surface area contributed by atoms with Gasteiger partial charge in [-0.3, -0.25) is 0 Å². The van der Waals surface area contributed by atoms with E-state index in [2.05, 4.69) is 0 Å². The number of aryl methyl sites for hydroxylation is 1. The van der Waals surface area contributed by atoms with Crippen LogP contribution >= 0.6 is 0 Å². The Morgan fingerprint density at radius 2 is 1.76 bits per heavy atom. The van der Waals surface area contributed by atoms with E-state index in [4.69, 9.17) is 14.2 Å². The lowest BCUT2D eigenvalue weighted by molar-refractivity contribution is -0.00200. The summed E-state index contributed by atoms with van der Waals surface area (Å²) in [5, 5.41) is 11.0. The zero-order chi connectivity index (χ0) is 24.8. The molecule has 0 radical (unpaired) electrons. The minimum absolute atomic E-state index is 0.00903. The van der Waals surface area contributed by atoms with Gasteiger partial charge in [0.2, 0.25) is 5.82 Å². The Morgan fingerprint density at radius 1 is 1.00 bits per heavy atom. The van der Waals surface area contributed by atoms with Gasteiger partial charge in [0, 0.05) is 24.2 Å². The molecule has 0 saturated carbocycles. The lowest BCUT2D eigenvalue weighted by Crippen LogP contribution is -2.25. The number of hydrogen-bond acceptors (Lipinski definition) is 4. The summed E-state index contributed by atoms with van der Waals surface area (Å²) in [5.41, 5.74) is -0.406. The third kappa shape index (κ3) is 5.56. The van der Waals surface area contributed by atoms with Crippen LogP contribution in [0.3, 0.4) is 0 Å². The van der Waals surface area contributed by atoms with Crippen molar-refractivity contribution in [2.24, 2.45) is 0 Å². The standard InChI is InChI=1S/C26H32F4O4/c1-4-6-15-9-11-18(22(28)21(15)27)25(31)20-12-19(16-8-10-17(7-5-2)33-13-16)23(29)24(30)26(20)34-14-32-3/h9,11-12,16-17,25,31H,4-8,10,13-14H2,1-3H3. The topological polar surface area (TPSA) is 47.9 Å². The van der Waals surface area contributed by atoms with Gasteiger partial charge in [-0.1, -0.05) is 38.8 Å². The Bertz CT molecular complexity index is 974. The van der Waals surface area contributed by atoms with Crippen molar-refractivity contribution < 1.29 is 36.9 Å². The van der Waals surface area contributed by atoms with Crippen LogP contribution in [0, 0.1) is 23.3 Å². The molecule has 0 bridgehead atoms. The number of aliphatic hydroxyl groups is 1. The molecule has 34 heavy (non-hydrogen) atoms. The van der Waals surface area contributed by atoms with Crippen molar-refractivity contribution in [2.75, 3.05) is 20.5 Å². The normalized spacial score (nSPS) is 19.3.